The van der Waals surface area contributed by atoms with Crippen molar-refractivity contribution in [2.45, 2.75) is 32.0 Å². The normalized spacial score (nSPS) is 26.7. The maximum absolute atomic E-state index is 14.7. The third-order valence-electron chi connectivity index (χ3n) is 4.67. The second kappa shape index (κ2) is 8.45. The largest absolute Gasteiger partial charge is 0.461 e. The maximum Gasteiger partial charge on any atom is 0.407 e. The Labute approximate surface area is 150 Å². The molecule has 26 heavy (non-hydrogen) atoms. The SMILES string of the molecule is CCOC(=O)c1cc(COC(=O)NCC2(F)C[C@H]3CNC[C@H]3C2)on1.N. The number of carbonyl (C=O) groups excluding carboxylic acids is 2. The fourth-order valence-corrected chi connectivity index (χ4v) is 3.53. The molecule has 1 aliphatic heterocycles. The molecule has 1 unspecified atom stereocenters. The van der Waals surface area contributed by atoms with Crippen LogP contribution in [0.4, 0.5) is 9.18 Å². The van der Waals surface area contributed by atoms with Gasteiger partial charge in [0.1, 0.15) is 5.67 Å². The van der Waals surface area contributed by atoms with E-state index in [9.17, 15) is 14.0 Å². The van der Waals surface area contributed by atoms with Crippen molar-refractivity contribution in [1.29, 1.82) is 0 Å². The number of esters is 1. The first-order valence-electron chi connectivity index (χ1n) is 8.42. The van der Waals surface area contributed by atoms with Gasteiger partial charge in [0.15, 0.2) is 18.1 Å². The molecule has 146 valence electrons. The molecule has 9 nitrogen and oxygen atoms in total. The number of nitrogens with zero attached hydrogens (tertiary/aromatic N) is 1. The number of fused-ring (bicyclic) bond motifs is 1. The number of hydrogen-bond acceptors (Lipinski definition) is 8. The fourth-order valence-electron chi connectivity index (χ4n) is 3.53. The number of nitrogens with one attached hydrogen (secondary N) is 2. The molecule has 3 rings (SSSR count). The Morgan fingerprint density at radius 1 is 1.38 bits per heavy atom. The average Bonchev–Trinajstić information content (AvgIpc) is 3.26. The molecule has 2 heterocycles. The first-order valence-corrected chi connectivity index (χ1v) is 8.42. The monoisotopic (exact) mass is 372 g/mol. The summed E-state index contributed by atoms with van der Waals surface area (Å²) in [5, 5.41) is 9.26. The van der Waals surface area contributed by atoms with Crippen LogP contribution in [0.25, 0.3) is 0 Å². The Hall–Kier alpha value is -2.20. The quantitative estimate of drug-likeness (QED) is 0.640. The van der Waals surface area contributed by atoms with E-state index in [0.717, 1.165) is 13.1 Å². The van der Waals surface area contributed by atoms with E-state index >= 15 is 0 Å². The lowest BCUT2D eigenvalue weighted by Gasteiger charge is -2.20. The summed E-state index contributed by atoms with van der Waals surface area (Å²) in [5.41, 5.74) is -1.37. The van der Waals surface area contributed by atoms with Crippen LogP contribution in [0.5, 0.6) is 0 Å². The Balaban J connectivity index is 0.00000243. The lowest BCUT2D eigenvalue weighted by Crippen LogP contribution is -2.39. The lowest BCUT2D eigenvalue weighted by atomic mass is 10.0. The number of halogens is 1. The molecule has 0 bridgehead atoms. The molecule has 0 radical (unpaired) electrons. The van der Waals surface area contributed by atoms with Crippen molar-refractivity contribution in [2.24, 2.45) is 11.8 Å². The van der Waals surface area contributed by atoms with E-state index in [1.807, 2.05) is 0 Å². The molecule has 1 aromatic heterocycles. The van der Waals surface area contributed by atoms with Crippen molar-refractivity contribution in [3.63, 3.8) is 0 Å². The molecule has 1 saturated heterocycles. The fraction of sp³-hybridized carbons (Fsp3) is 0.688. The van der Waals surface area contributed by atoms with Gasteiger partial charge >= 0.3 is 12.1 Å². The minimum absolute atomic E-state index is 0. The number of hydrogen-bond donors (Lipinski definition) is 3. The molecule has 5 N–H and O–H groups in total. The van der Waals surface area contributed by atoms with Gasteiger partial charge < -0.3 is 30.8 Å². The Bertz CT molecular complexity index is 626. The van der Waals surface area contributed by atoms with Gasteiger partial charge in [0.05, 0.1) is 13.2 Å². The molecule has 2 aliphatic rings. The standard InChI is InChI=1S/C16H22FN3O5.H3N/c1-2-23-14(21)13-3-12(25-20-13)8-24-15(22)19-9-16(17)4-10-6-18-7-11(10)5-16;/h3,10-11,18H,2,4-9H2,1H3,(H,19,22);1H3/t10-,11+,16?;. The number of alkyl halides is 1. The van der Waals surface area contributed by atoms with Crippen LogP contribution in [0.15, 0.2) is 10.6 Å². The Kier molecular flexibility index (Phi) is 6.54. The van der Waals surface area contributed by atoms with Crippen LogP contribution in [0, 0.1) is 11.8 Å². The Morgan fingerprint density at radius 3 is 2.73 bits per heavy atom. The van der Waals surface area contributed by atoms with Crippen molar-refractivity contribution in [1.82, 2.24) is 21.9 Å². The van der Waals surface area contributed by atoms with E-state index in [-0.39, 0.29) is 37.4 Å². The van der Waals surface area contributed by atoms with E-state index in [4.69, 9.17) is 14.0 Å². The average molecular weight is 372 g/mol. The summed E-state index contributed by atoms with van der Waals surface area (Å²) in [6.07, 6.45) is 0.174. The van der Waals surface area contributed by atoms with Crippen molar-refractivity contribution in [3.8, 4) is 0 Å². The highest BCUT2D eigenvalue weighted by Crippen LogP contribution is 2.43. The van der Waals surface area contributed by atoms with Gasteiger partial charge in [0.2, 0.25) is 0 Å². The van der Waals surface area contributed by atoms with Gasteiger partial charge in [-0.25, -0.2) is 14.0 Å². The summed E-state index contributed by atoms with van der Waals surface area (Å²) in [7, 11) is 0. The summed E-state index contributed by atoms with van der Waals surface area (Å²) in [5.74, 6) is 0.286. The van der Waals surface area contributed by atoms with Crippen LogP contribution in [0.1, 0.15) is 36.0 Å². The predicted octanol–water partition coefficient (Wildman–Crippen LogP) is 1.58. The van der Waals surface area contributed by atoms with Crippen molar-refractivity contribution >= 4 is 12.1 Å². The highest BCUT2D eigenvalue weighted by molar-refractivity contribution is 5.87. The molecular formula is C16H25FN4O5. The van der Waals surface area contributed by atoms with E-state index in [0.29, 0.717) is 24.7 Å². The van der Waals surface area contributed by atoms with E-state index < -0.39 is 17.7 Å². The van der Waals surface area contributed by atoms with Gasteiger partial charge in [-0.2, -0.15) is 0 Å². The predicted molar refractivity (Wildman–Crippen MR) is 88.6 cm³/mol. The first kappa shape index (κ1) is 20.1. The highest BCUT2D eigenvalue weighted by atomic mass is 19.1. The van der Waals surface area contributed by atoms with E-state index in [1.54, 1.807) is 6.92 Å². The zero-order valence-corrected chi connectivity index (χ0v) is 14.8. The summed E-state index contributed by atoms with van der Waals surface area (Å²) < 4.78 is 29.4. The van der Waals surface area contributed by atoms with Crippen LogP contribution in [-0.4, -0.2) is 49.1 Å². The maximum atomic E-state index is 14.7. The summed E-state index contributed by atoms with van der Waals surface area (Å²) in [4.78, 5) is 23.2. The smallest absolute Gasteiger partial charge is 0.407 e. The molecule has 10 heteroatoms. The van der Waals surface area contributed by atoms with Gasteiger partial charge in [-0.3, -0.25) is 0 Å². The molecule has 1 saturated carbocycles. The number of aromatic nitrogens is 1. The van der Waals surface area contributed by atoms with Crippen molar-refractivity contribution in [3.05, 3.63) is 17.5 Å². The first-order chi connectivity index (χ1) is 12.0. The van der Waals surface area contributed by atoms with Gasteiger partial charge in [-0.1, -0.05) is 5.16 Å². The van der Waals surface area contributed by atoms with Gasteiger partial charge in [0, 0.05) is 6.07 Å². The second-order valence-electron chi connectivity index (χ2n) is 6.57. The second-order valence-corrected chi connectivity index (χ2v) is 6.57. The molecule has 2 fully saturated rings. The number of rotatable bonds is 6. The zero-order chi connectivity index (χ0) is 17.9. The minimum Gasteiger partial charge on any atom is -0.461 e. The van der Waals surface area contributed by atoms with Crippen LogP contribution in [0.3, 0.4) is 0 Å². The number of carbonyl (C=O) groups is 2. The minimum atomic E-state index is -1.38. The van der Waals surface area contributed by atoms with Crippen LogP contribution >= 0.6 is 0 Å². The molecule has 0 spiro atoms. The van der Waals surface area contributed by atoms with Crippen molar-refractivity contribution in [2.75, 3.05) is 26.2 Å². The molecule has 0 aromatic carbocycles. The summed E-state index contributed by atoms with van der Waals surface area (Å²) in [6, 6.07) is 1.34. The van der Waals surface area contributed by atoms with Crippen LogP contribution in [0.2, 0.25) is 0 Å². The number of alkyl carbamates (subject to hydrolysis) is 1. The number of ether oxygens (including phenoxy) is 2. The van der Waals surface area contributed by atoms with Gasteiger partial charge in [-0.05, 0) is 44.7 Å². The van der Waals surface area contributed by atoms with Gasteiger partial charge in [0.25, 0.3) is 0 Å². The van der Waals surface area contributed by atoms with E-state index in [1.165, 1.54) is 6.07 Å². The third-order valence-corrected chi connectivity index (χ3v) is 4.67. The molecule has 1 amide bonds. The highest BCUT2D eigenvalue weighted by Gasteiger charge is 2.47. The topological polar surface area (TPSA) is 138 Å². The van der Waals surface area contributed by atoms with Gasteiger partial charge in [-0.15, -0.1) is 0 Å². The summed E-state index contributed by atoms with van der Waals surface area (Å²) in [6.45, 7) is 3.32. The van der Waals surface area contributed by atoms with Crippen LogP contribution < -0.4 is 16.8 Å². The molecule has 1 aromatic rings. The third kappa shape index (κ3) is 4.70. The van der Waals surface area contributed by atoms with E-state index in [2.05, 4.69) is 15.8 Å². The zero-order valence-electron chi connectivity index (χ0n) is 14.8. The molecular weight excluding hydrogens is 347 g/mol. The summed E-state index contributed by atoms with van der Waals surface area (Å²) >= 11 is 0. The van der Waals surface area contributed by atoms with Crippen LogP contribution in [-0.2, 0) is 16.1 Å². The number of amides is 1. The Morgan fingerprint density at radius 2 is 2.08 bits per heavy atom. The molecule has 3 atom stereocenters. The lowest BCUT2D eigenvalue weighted by molar-refractivity contribution is 0.0514. The molecule has 1 aliphatic carbocycles. The van der Waals surface area contributed by atoms with Crippen molar-refractivity contribution < 1.29 is 28.0 Å².